The standard InChI is InChI=1S/C19H21BrN4O3/c20-15-9-13(23-19(26)16-10-17(27-24-16)11-1-2-11)3-4-14(15)18(25)22-12-5-7-21-8-6-12/h3-4,9-12,21H,1-2,5-8H2,(H,22,25)(H,23,26). The molecule has 142 valence electrons. The molecule has 1 saturated heterocycles. The maximum atomic E-state index is 12.5. The molecule has 1 aliphatic heterocycles. The number of hydrogen-bond donors (Lipinski definition) is 3. The molecular formula is C19H21BrN4O3. The van der Waals surface area contributed by atoms with Crippen LogP contribution in [-0.2, 0) is 0 Å². The SMILES string of the molecule is O=C(Nc1ccc(C(=O)NC2CCNCC2)c(Br)c1)c1cc(C2CC2)on1. The van der Waals surface area contributed by atoms with E-state index >= 15 is 0 Å². The highest BCUT2D eigenvalue weighted by molar-refractivity contribution is 9.10. The van der Waals surface area contributed by atoms with Gasteiger partial charge < -0.3 is 20.5 Å². The molecule has 1 aromatic carbocycles. The van der Waals surface area contributed by atoms with Crippen LogP contribution >= 0.6 is 15.9 Å². The Labute approximate surface area is 165 Å². The van der Waals surface area contributed by atoms with Crippen LogP contribution in [0, 0.1) is 0 Å². The summed E-state index contributed by atoms with van der Waals surface area (Å²) in [6.45, 7) is 1.84. The van der Waals surface area contributed by atoms with Crippen molar-refractivity contribution < 1.29 is 14.1 Å². The highest BCUT2D eigenvalue weighted by Gasteiger charge is 2.29. The Morgan fingerprint density at radius 2 is 1.89 bits per heavy atom. The molecule has 4 rings (SSSR count). The highest BCUT2D eigenvalue weighted by atomic mass is 79.9. The monoisotopic (exact) mass is 432 g/mol. The Morgan fingerprint density at radius 1 is 1.11 bits per heavy atom. The number of anilines is 1. The molecule has 27 heavy (non-hydrogen) atoms. The summed E-state index contributed by atoms with van der Waals surface area (Å²) in [4.78, 5) is 24.8. The van der Waals surface area contributed by atoms with Crippen molar-refractivity contribution in [3.63, 3.8) is 0 Å². The number of rotatable bonds is 5. The van der Waals surface area contributed by atoms with Gasteiger partial charge in [-0.15, -0.1) is 0 Å². The molecule has 0 spiro atoms. The van der Waals surface area contributed by atoms with E-state index in [4.69, 9.17) is 4.52 Å². The quantitative estimate of drug-likeness (QED) is 0.674. The number of nitrogens with one attached hydrogen (secondary N) is 3. The van der Waals surface area contributed by atoms with Crippen molar-refractivity contribution in [3.8, 4) is 0 Å². The van der Waals surface area contributed by atoms with Gasteiger partial charge >= 0.3 is 0 Å². The first-order valence-corrected chi connectivity index (χ1v) is 9.98. The first-order valence-electron chi connectivity index (χ1n) is 9.19. The van der Waals surface area contributed by atoms with Crippen molar-refractivity contribution >= 4 is 33.4 Å². The summed E-state index contributed by atoms with van der Waals surface area (Å²) in [5.41, 5.74) is 1.39. The minimum Gasteiger partial charge on any atom is -0.360 e. The Hall–Kier alpha value is -2.19. The Morgan fingerprint density at radius 3 is 2.59 bits per heavy atom. The normalized spacial score (nSPS) is 17.5. The van der Waals surface area contributed by atoms with Gasteiger partial charge in [0.15, 0.2) is 5.69 Å². The lowest BCUT2D eigenvalue weighted by molar-refractivity contribution is 0.0928. The number of nitrogens with zero attached hydrogens (tertiary/aromatic N) is 1. The van der Waals surface area contributed by atoms with Crippen molar-refractivity contribution in [1.82, 2.24) is 15.8 Å². The molecule has 2 fully saturated rings. The van der Waals surface area contributed by atoms with Crippen molar-refractivity contribution in [3.05, 3.63) is 45.8 Å². The molecule has 8 heteroatoms. The second-order valence-electron chi connectivity index (χ2n) is 7.04. The van der Waals surface area contributed by atoms with Crippen LogP contribution in [-0.4, -0.2) is 36.1 Å². The summed E-state index contributed by atoms with van der Waals surface area (Å²) in [6, 6.07) is 7.02. The van der Waals surface area contributed by atoms with E-state index in [0.29, 0.717) is 21.6 Å². The van der Waals surface area contributed by atoms with E-state index in [0.717, 1.165) is 44.5 Å². The summed E-state index contributed by atoms with van der Waals surface area (Å²) < 4.78 is 5.85. The van der Waals surface area contributed by atoms with E-state index in [9.17, 15) is 9.59 Å². The van der Waals surface area contributed by atoms with Crippen molar-refractivity contribution in [1.29, 1.82) is 0 Å². The zero-order valence-corrected chi connectivity index (χ0v) is 16.3. The second kappa shape index (κ2) is 7.82. The van der Waals surface area contributed by atoms with Crippen LogP contribution in [0.1, 0.15) is 58.2 Å². The molecule has 0 radical (unpaired) electrons. The third-order valence-electron chi connectivity index (χ3n) is 4.89. The first kappa shape index (κ1) is 18.2. The van der Waals surface area contributed by atoms with Gasteiger partial charge in [-0.1, -0.05) is 5.16 Å². The van der Waals surface area contributed by atoms with Crippen molar-refractivity contribution in [2.75, 3.05) is 18.4 Å². The molecule has 0 unspecified atom stereocenters. The molecule has 1 aromatic heterocycles. The third-order valence-corrected chi connectivity index (χ3v) is 5.54. The number of carbonyl (C=O) groups excluding carboxylic acids is 2. The summed E-state index contributed by atoms with van der Waals surface area (Å²) >= 11 is 3.43. The molecule has 2 aromatic rings. The van der Waals surface area contributed by atoms with E-state index in [1.54, 1.807) is 24.3 Å². The smallest absolute Gasteiger partial charge is 0.277 e. The van der Waals surface area contributed by atoms with Gasteiger partial charge in [0.2, 0.25) is 0 Å². The third kappa shape index (κ3) is 4.39. The maximum absolute atomic E-state index is 12.5. The van der Waals surface area contributed by atoms with Gasteiger partial charge in [0.05, 0.1) is 5.56 Å². The molecule has 2 heterocycles. The van der Waals surface area contributed by atoms with E-state index in [2.05, 4.69) is 37.0 Å². The summed E-state index contributed by atoms with van der Waals surface area (Å²) in [5, 5.41) is 13.0. The van der Waals surface area contributed by atoms with Crippen molar-refractivity contribution in [2.45, 2.75) is 37.6 Å². The number of aromatic nitrogens is 1. The van der Waals surface area contributed by atoms with Gasteiger partial charge in [0.1, 0.15) is 5.76 Å². The minimum atomic E-state index is -0.329. The summed E-state index contributed by atoms with van der Waals surface area (Å²) in [5.74, 6) is 0.735. The zero-order valence-electron chi connectivity index (χ0n) is 14.8. The number of piperidine rings is 1. The first-order chi connectivity index (χ1) is 13.1. The second-order valence-corrected chi connectivity index (χ2v) is 7.89. The Bertz CT molecular complexity index is 856. The van der Waals surface area contributed by atoms with E-state index in [-0.39, 0.29) is 23.6 Å². The van der Waals surface area contributed by atoms with E-state index in [1.807, 2.05) is 0 Å². The highest BCUT2D eigenvalue weighted by Crippen LogP contribution is 2.40. The average Bonchev–Trinajstić information content (AvgIpc) is 3.39. The Balaban J connectivity index is 1.39. The summed E-state index contributed by atoms with van der Waals surface area (Å²) in [7, 11) is 0. The van der Waals surface area contributed by atoms with Gasteiger partial charge in [-0.3, -0.25) is 9.59 Å². The van der Waals surface area contributed by atoms with Crippen molar-refractivity contribution in [2.24, 2.45) is 0 Å². The Kier molecular flexibility index (Phi) is 5.27. The van der Waals surface area contributed by atoms with Gasteiger partial charge in [-0.05, 0) is 72.9 Å². The van der Waals surface area contributed by atoms with Gasteiger partial charge in [-0.25, -0.2) is 0 Å². The lowest BCUT2D eigenvalue weighted by Crippen LogP contribution is -2.42. The molecule has 0 bridgehead atoms. The summed E-state index contributed by atoms with van der Waals surface area (Å²) in [6.07, 6.45) is 4.03. The van der Waals surface area contributed by atoms with Crippen LogP contribution in [0.4, 0.5) is 5.69 Å². The fraction of sp³-hybridized carbons (Fsp3) is 0.421. The fourth-order valence-electron chi connectivity index (χ4n) is 3.16. The fourth-order valence-corrected chi connectivity index (χ4v) is 3.72. The molecule has 3 N–H and O–H groups in total. The molecule has 2 amide bonds. The average molecular weight is 433 g/mol. The van der Waals surface area contributed by atoms with Gasteiger partial charge in [0.25, 0.3) is 11.8 Å². The van der Waals surface area contributed by atoms with Gasteiger partial charge in [-0.2, -0.15) is 0 Å². The van der Waals surface area contributed by atoms with Gasteiger partial charge in [0, 0.05) is 28.2 Å². The van der Waals surface area contributed by atoms with Crippen LogP contribution in [0.5, 0.6) is 0 Å². The number of carbonyl (C=O) groups is 2. The largest absolute Gasteiger partial charge is 0.360 e. The minimum absolute atomic E-state index is 0.114. The van der Waals surface area contributed by atoms with E-state index in [1.165, 1.54) is 0 Å². The maximum Gasteiger partial charge on any atom is 0.277 e. The van der Waals surface area contributed by atoms with Crippen LogP contribution in [0.2, 0.25) is 0 Å². The van der Waals surface area contributed by atoms with Crippen LogP contribution in [0.25, 0.3) is 0 Å². The zero-order chi connectivity index (χ0) is 18.8. The molecule has 1 aliphatic carbocycles. The predicted octanol–water partition coefficient (Wildman–Crippen LogP) is 3.05. The van der Waals surface area contributed by atoms with Crippen LogP contribution < -0.4 is 16.0 Å². The molecule has 7 nitrogen and oxygen atoms in total. The molecular weight excluding hydrogens is 412 g/mol. The molecule has 2 aliphatic rings. The number of halogens is 1. The number of amides is 2. The predicted molar refractivity (Wildman–Crippen MR) is 104 cm³/mol. The van der Waals surface area contributed by atoms with E-state index < -0.39 is 0 Å². The molecule has 1 saturated carbocycles. The number of benzene rings is 1. The lowest BCUT2D eigenvalue weighted by Gasteiger charge is -2.24. The topological polar surface area (TPSA) is 96.3 Å². The van der Waals surface area contributed by atoms with Crippen LogP contribution in [0.3, 0.4) is 0 Å². The number of hydrogen-bond acceptors (Lipinski definition) is 5. The molecule has 0 atom stereocenters. The van der Waals surface area contributed by atoms with Crippen LogP contribution in [0.15, 0.2) is 33.3 Å². The lowest BCUT2D eigenvalue weighted by atomic mass is 10.1.